The summed E-state index contributed by atoms with van der Waals surface area (Å²) in [5.74, 6) is -0.513. The first-order valence-electron chi connectivity index (χ1n) is 3.62. The molecule has 0 N–H and O–H groups in total. The van der Waals surface area contributed by atoms with Crippen LogP contribution in [-0.4, -0.2) is 15.4 Å². The lowest BCUT2D eigenvalue weighted by atomic mass is 9.80. The summed E-state index contributed by atoms with van der Waals surface area (Å²) in [4.78, 5) is 0. The van der Waals surface area contributed by atoms with Crippen molar-refractivity contribution in [1.82, 2.24) is 0 Å². The second-order valence-electron chi connectivity index (χ2n) is 2.62. The van der Waals surface area contributed by atoms with Crippen molar-refractivity contribution < 1.29 is 29.4 Å². The first-order chi connectivity index (χ1) is 6.68. The molecule has 0 unspecified atom stereocenters. The van der Waals surface area contributed by atoms with E-state index in [0.29, 0.717) is 12.1 Å². The Labute approximate surface area is 83.1 Å². The topological polar surface area (TPSA) is 43.4 Å². The Balaban J connectivity index is 2.91. The van der Waals surface area contributed by atoms with Crippen LogP contribution in [-0.2, 0) is 10.5 Å². The van der Waals surface area contributed by atoms with Crippen molar-refractivity contribution in [3.63, 3.8) is 0 Å². The van der Waals surface area contributed by atoms with E-state index in [9.17, 15) is 25.3 Å². The van der Waals surface area contributed by atoms with Crippen LogP contribution in [0.1, 0.15) is 0 Å². The lowest BCUT2D eigenvalue weighted by Gasteiger charge is -2.14. The highest BCUT2D eigenvalue weighted by Gasteiger charge is 2.25. The molecule has 0 radical (unpaired) electrons. The van der Waals surface area contributed by atoms with Gasteiger partial charge >= 0.3 is 17.5 Å². The van der Waals surface area contributed by atoms with Crippen molar-refractivity contribution in [3.05, 3.63) is 24.3 Å². The summed E-state index contributed by atoms with van der Waals surface area (Å²) in [6.45, 7) is -5.16. The smallest absolute Gasteiger partial charge is 0.445 e. The summed E-state index contributed by atoms with van der Waals surface area (Å²) in [7, 11) is -5.20. The molecule has 0 spiro atoms. The summed E-state index contributed by atoms with van der Waals surface area (Å²) < 4.78 is 71.9. The van der Waals surface area contributed by atoms with Crippen LogP contribution in [0.5, 0.6) is 5.75 Å². The maximum absolute atomic E-state index is 12.1. The Morgan fingerprint density at radius 2 is 1.53 bits per heavy atom. The highest BCUT2D eigenvalue weighted by atomic mass is 32.3. The maximum Gasteiger partial charge on any atom is 0.509 e. The van der Waals surface area contributed by atoms with Gasteiger partial charge in [0.25, 0.3) is 0 Å². The molecule has 0 heterocycles. The Kier molecular flexibility index (Phi) is 2.94. The zero-order valence-electron chi connectivity index (χ0n) is 7.03. The van der Waals surface area contributed by atoms with Gasteiger partial charge in [0.15, 0.2) is 0 Å². The minimum atomic E-state index is -5.20. The molecule has 0 atom stereocenters. The van der Waals surface area contributed by atoms with Gasteiger partial charge in [-0.3, -0.25) is 0 Å². The van der Waals surface area contributed by atoms with Crippen LogP contribution in [0.2, 0.25) is 0 Å². The summed E-state index contributed by atoms with van der Waals surface area (Å²) >= 11 is 0. The largest absolute Gasteiger partial charge is 0.509 e. The van der Waals surface area contributed by atoms with Gasteiger partial charge in [0.1, 0.15) is 5.75 Å². The van der Waals surface area contributed by atoms with E-state index in [1.54, 1.807) is 0 Å². The van der Waals surface area contributed by atoms with E-state index >= 15 is 0 Å². The van der Waals surface area contributed by atoms with Gasteiger partial charge in [-0.05, 0) is 12.1 Å². The normalized spacial score (nSPS) is 12.5. The van der Waals surface area contributed by atoms with Crippen molar-refractivity contribution in [2.45, 2.75) is 0 Å². The Morgan fingerprint density at radius 3 is 1.87 bits per heavy atom. The number of benzene rings is 1. The van der Waals surface area contributed by atoms with Crippen LogP contribution in [0.15, 0.2) is 24.3 Å². The second kappa shape index (κ2) is 3.72. The van der Waals surface area contributed by atoms with Gasteiger partial charge in [0.2, 0.25) is 0 Å². The third-order valence-electron chi connectivity index (χ3n) is 1.45. The molecule has 0 aliphatic carbocycles. The fourth-order valence-electron chi connectivity index (χ4n) is 0.857. The Hall–Kier alpha value is -1.25. The molecule has 0 aliphatic rings. The van der Waals surface area contributed by atoms with Crippen molar-refractivity contribution in [1.29, 1.82) is 0 Å². The van der Waals surface area contributed by atoms with Crippen LogP contribution in [0, 0.1) is 0 Å². The number of hydrogen-bond donors (Lipinski definition) is 0. The van der Waals surface area contributed by atoms with Gasteiger partial charge in [-0.2, -0.15) is 8.42 Å². The van der Waals surface area contributed by atoms with Crippen LogP contribution in [0.3, 0.4) is 0 Å². The van der Waals surface area contributed by atoms with Gasteiger partial charge in [0.05, 0.1) is 0 Å². The molecule has 0 amide bonds. The summed E-state index contributed by atoms with van der Waals surface area (Å²) in [5, 5.41) is 0. The van der Waals surface area contributed by atoms with Crippen molar-refractivity contribution in [2.75, 3.05) is 0 Å². The number of hydrogen-bond acceptors (Lipinski definition) is 3. The zero-order chi connectivity index (χ0) is 11.7. The fourth-order valence-corrected chi connectivity index (χ4v) is 1.20. The molecule has 1 rings (SSSR count). The predicted octanol–water partition coefficient (Wildman–Crippen LogP) is 1.33. The highest BCUT2D eigenvalue weighted by molar-refractivity contribution is 7.81. The molecular weight excluding hydrogens is 239 g/mol. The first kappa shape index (κ1) is 11.8. The lowest BCUT2D eigenvalue weighted by molar-refractivity contribution is 0.440. The van der Waals surface area contributed by atoms with Crippen molar-refractivity contribution >= 4 is 22.9 Å². The summed E-state index contributed by atoms with van der Waals surface area (Å²) in [5.41, 5.74) is -0.918. The zero-order valence-corrected chi connectivity index (χ0v) is 7.85. The molecule has 0 saturated heterocycles. The average Bonchev–Trinajstić information content (AvgIpc) is 2.00. The van der Waals surface area contributed by atoms with Gasteiger partial charge in [-0.15, -0.1) is 5.46 Å². The second-order valence-corrected chi connectivity index (χ2v) is 3.57. The fraction of sp³-hybridized carbons (Fsp3) is 0. The monoisotopic (exact) mass is 243 g/mol. The van der Waals surface area contributed by atoms with E-state index in [-0.39, 0.29) is 0 Å². The van der Waals surface area contributed by atoms with E-state index in [0.717, 1.165) is 12.1 Å². The SMILES string of the molecule is O=S(=O)(F)Oc1ccc([B-](F)(F)F)cc1. The van der Waals surface area contributed by atoms with E-state index in [1.165, 1.54) is 0 Å². The lowest BCUT2D eigenvalue weighted by Crippen LogP contribution is -2.33. The Morgan fingerprint density at radius 1 is 1.07 bits per heavy atom. The first-order valence-corrected chi connectivity index (χ1v) is 4.93. The standard InChI is InChI=1S/C6H4BF4O3S/c8-7(9,10)5-1-3-6(4-2-5)14-15(11,12)13/h1-4H/q-1. The molecule has 0 saturated carbocycles. The molecule has 15 heavy (non-hydrogen) atoms. The molecule has 9 heteroatoms. The van der Waals surface area contributed by atoms with Crippen LogP contribution in [0.25, 0.3) is 0 Å². The van der Waals surface area contributed by atoms with Crippen molar-refractivity contribution in [3.8, 4) is 5.75 Å². The van der Waals surface area contributed by atoms with Crippen molar-refractivity contribution in [2.24, 2.45) is 0 Å². The summed E-state index contributed by atoms with van der Waals surface area (Å²) in [6, 6.07) is 2.67. The third-order valence-corrected chi connectivity index (χ3v) is 1.85. The quantitative estimate of drug-likeness (QED) is 0.457. The molecule has 1 aromatic rings. The minimum absolute atomic E-state index is 0.513. The molecular formula is C6H4BF4O3S-. The van der Waals surface area contributed by atoms with Gasteiger partial charge in [0, 0.05) is 0 Å². The molecule has 84 valence electrons. The van der Waals surface area contributed by atoms with E-state index < -0.39 is 28.7 Å². The van der Waals surface area contributed by atoms with E-state index in [1.807, 2.05) is 0 Å². The van der Waals surface area contributed by atoms with Crippen LogP contribution < -0.4 is 9.65 Å². The van der Waals surface area contributed by atoms with E-state index in [4.69, 9.17) is 0 Å². The predicted molar refractivity (Wildman–Crippen MR) is 45.8 cm³/mol. The molecule has 0 fully saturated rings. The summed E-state index contributed by atoms with van der Waals surface area (Å²) in [6.07, 6.45) is 0. The van der Waals surface area contributed by atoms with Gasteiger partial charge in [-0.1, -0.05) is 16.0 Å². The van der Waals surface area contributed by atoms with Crippen LogP contribution in [0.4, 0.5) is 16.8 Å². The van der Waals surface area contributed by atoms with Gasteiger partial charge in [-0.25, -0.2) is 0 Å². The maximum atomic E-state index is 12.1. The van der Waals surface area contributed by atoms with Crippen LogP contribution >= 0.6 is 0 Å². The number of halogens is 4. The average molecular weight is 243 g/mol. The molecule has 1 aromatic carbocycles. The van der Waals surface area contributed by atoms with E-state index in [2.05, 4.69) is 4.18 Å². The highest BCUT2D eigenvalue weighted by Crippen LogP contribution is 2.15. The molecule has 0 aromatic heterocycles. The Bertz CT molecular complexity index is 438. The number of rotatable bonds is 3. The molecule has 3 nitrogen and oxygen atoms in total. The minimum Gasteiger partial charge on any atom is -0.445 e. The third kappa shape index (κ3) is 3.78. The molecule has 0 bridgehead atoms. The molecule has 0 aliphatic heterocycles. The van der Waals surface area contributed by atoms with Gasteiger partial charge < -0.3 is 17.1 Å².